The maximum Gasteiger partial charge on any atom is 0.243 e. The van der Waals surface area contributed by atoms with Crippen LogP contribution >= 0.6 is 0 Å². The van der Waals surface area contributed by atoms with E-state index in [1.807, 2.05) is 6.92 Å². The van der Waals surface area contributed by atoms with Crippen LogP contribution < -0.4 is 16.4 Å². The van der Waals surface area contributed by atoms with Crippen LogP contribution in [0.1, 0.15) is 97.3 Å². The highest BCUT2D eigenvalue weighted by Gasteiger charge is 2.22. The van der Waals surface area contributed by atoms with Gasteiger partial charge in [-0.15, -0.1) is 0 Å². The van der Waals surface area contributed by atoms with Gasteiger partial charge < -0.3 is 16.4 Å². The predicted octanol–water partition coefficient (Wildman–Crippen LogP) is 3.18. The van der Waals surface area contributed by atoms with Gasteiger partial charge >= 0.3 is 0 Å². The third-order valence-corrected chi connectivity index (χ3v) is 4.39. The van der Waals surface area contributed by atoms with Gasteiger partial charge in [-0.25, -0.2) is 0 Å². The van der Waals surface area contributed by atoms with Gasteiger partial charge in [0.05, 0.1) is 6.42 Å². The minimum absolute atomic E-state index is 0.165. The lowest BCUT2D eigenvalue weighted by Gasteiger charge is -2.17. The number of nitrogens with two attached hydrogens (primary N) is 1. The third kappa shape index (κ3) is 14.7. The summed E-state index contributed by atoms with van der Waals surface area (Å²) in [5.74, 6) is -1.12. The van der Waals surface area contributed by atoms with Crippen molar-refractivity contribution in [3.63, 3.8) is 0 Å². The zero-order chi connectivity index (χ0) is 19.6. The van der Waals surface area contributed by atoms with E-state index in [1.165, 1.54) is 38.5 Å². The van der Waals surface area contributed by atoms with Crippen LogP contribution in [0.5, 0.6) is 0 Å². The van der Waals surface area contributed by atoms with Crippen molar-refractivity contribution < 1.29 is 14.4 Å². The molecule has 0 rings (SSSR count). The Kier molecular flexibility index (Phi) is 15.8. The molecule has 4 N–H and O–H groups in total. The number of carbonyl (C=O) groups excluding carboxylic acids is 3. The van der Waals surface area contributed by atoms with Crippen molar-refractivity contribution in [1.29, 1.82) is 0 Å². The fourth-order valence-electron chi connectivity index (χ4n) is 2.78. The molecular weight excluding hydrogens is 330 g/mol. The molecule has 3 amide bonds. The molecule has 0 aliphatic carbocycles. The fourth-order valence-corrected chi connectivity index (χ4v) is 2.78. The van der Waals surface area contributed by atoms with Crippen molar-refractivity contribution >= 4 is 17.7 Å². The van der Waals surface area contributed by atoms with Gasteiger partial charge in [-0.2, -0.15) is 0 Å². The van der Waals surface area contributed by atoms with Gasteiger partial charge in [0.1, 0.15) is 6.04 Å². The van der Waals surface area contributed by atoms with Crippen molar-refractivity contribution in [3.05, 3.63) is 0 Å². The molecular formula is C20H39N3O3. The van der Waals surface area contributed by atoms with Crippen molar-refractivity contribution in [3.8, 4) is 0 Å². The van der Waals surface area contributed by atoms with E-state index in [-0.39, 0.29) is 18.2 Å². The fraction of sp³-hybridized carbons (Fsp3) is 0.850. The Hall–Kier alpha value is -1.59. The van der Waals surface area contributed by atoms with Crippen LogP contribution in [0.15, 0.2) is 0 Å². The molecule has 0 heterocycles. The normalized spacial score (nSPS) is 11.8. The lowest BCUT2D eigenvalue weighted by Crippen LogP contribution is -2.48. The zero-order valence-corrected chi connectivity index (χ0v) is 16.8. The third-order valence-electron chi connectivity index (χ3n) is 4.39. The maximum atomic E-state index is 12.1. The predicted molar refractivity (Wildman–Crippen MR) is 106 cm³/mol. The summed E-state index contributed by atoms with van der Waals surface area (Å²) in [6.45, 7) is 4.78. The second kappa shape index (κ2) is 16.9. The summed E-state index contributed by atoms with van der Waals surface area (Å²) in [5, 5.41) is 5.39. The van der Waals surface area contributed by atoms with E-state index in [1.54, 1.807) is 0 Å². The Morgan fingerprint density at radius 2 is 1.35 bits per heavy atom. The van der Waals surface area contributed by atoms with E-state index < -0.39 is 11.9 Å². The number of carbonyl (C=O) groups is 3. The van der Waals surface area contributed by atoms with Gasteiger partial charge in [0.25, 0.3) is 0 Å². The van der Waals surface area contributed by atoms with E-state index in [2.05, 4.69) is 17.6 Å². The summed E-state index contributed by atoms with van der Waals surface area (Å²) < 4.78 is 0. The first-order valence-electron chi connectivity index (χ1n) is 10.4. The Morgan fingerprint density at radius 3 is 1.88 bits per heavy atom. The molecule has 0 aromatic heterocycles. The lowest BCUT2D eigenvalue weighted by molar-refractivity contribution is -0.131. The summed E-state index contributed by atoms with van der Waals surface area (Å²) in [5.41, 5.74) is 5.19. The molecule has 6 heteroatoms. The molecule has 0 aromatic carbocycles. The van der Waals surface area contributed by atoms with Crippen molar-refractivity contribution in [2.45, 2.75) is 103 Å². The molecule has 6 nitrogen and oxygen atoms in total. The average molecular weight is 370 g/mol. The van der Waals surface area contributed by atoms with Crippen molar-refractivity contribution in [2.75, 3.05) is 6.54 Å². The molecule has 0 spiro atoms. The van der Waals surface area contributed by atoms with Crippen LogP contribution in [0.3, 0.4) is 0 Å². The summed E-state index contributed by atoms with van der Waals surface area (Å²) in [4.78, 5) is 35.3. The highest BCUT2D eigenvalue weighted by Crippen LogP contribution is 2.10. The molecule has 0 aliphatic rings. The quantitative estimate of drug-likeness (QED) is 0.343. The molecule has 0 fully saturated rings. The van der Waals surface area contributed by atoms with Crippen LogP contribution in [0.4, 0.5) is 0 Å². The highest BCUT2D eigenvalue weighted by atomic mass is 16.2. The molecule has 0 bridgehead atoms. The molecule has 1 unspecified atom stereocenters. The van der Waals surface area contributed by atoms with Crippen LogP contribution in [-0.2, 0) is 14.4 Å². The van der Waals surface area contributed by atoms with Gasteiger partial charge in [0.2, 0.25) is 17.7 Å². The average Bonchev–Trinajstić information content (AvgIpc) is 2.59. The van der Waals surface area contributed by atoms with Gasteiger partial charge in [0.15, 0.2) is 0 Å². The highest BCUT2D eigenvalue weighted by molar-refractivity contribution is 5.91. The second-order valence-electron chi connectivity index (χ2n) is 7.01. The van der Waals surface area contributed by atoms with E-state index in [0.29, 0.717) is 13.0 Å². The van der Waals surface area contributed by atoms with Crippen molar-refractivity contribution in [2.24, 2.45) is 5.73 Å². The van der Waals surface area contributed by atoms with E-state index in [4.69, 9.17) is 5.73 Å². The van der Waals surface area contributed by atoms with Gasteiger partial charge in [-0.1, -0.05) is 71.6 Å². The molecule has 26 heavy (non-hydrogen) atoms. The molecule has 152 valence electrons. The standard InChI is InChI=1S/C20H39N3O3/c1-3-5-7-8-9-10-11-12-13-14-19(25)23-17(16-18(21)24)20(26)22-15-6-4-2/h17H,3-16H2,1-2H3,(H2,21,24)(H,22,26)(H,23,25). The first-order chi connectivity index (χ1) is 12.5. The minimum Gasteiger partial charge on any atom is -0.370 e. The number of hydrogen-bond acceptors (Lipinski definition) is 3. The number of primary amides is 1. The number of amides is 3. The molecule has 0 aliphatic heterocycles. The van der Waals surface area contributed by atoms with E-state index in [0.717, 1.165) is 32.1 Å². The molecule has 0 radical (unpaired) electrons. The summed E-state index contributed by atoms with van der Waals surface area (Å²) in [7, 11) is 0. The molecule has 0 aromatic rings. The summed E-state index contributed by atoms with van der Waals surface area (Å²) in [6, 6.07) is -0.865. The van der Waals surface area contributed by atoms with Crippen molar-refractivity contribution in [1.82, 2.24) is 10.6 Å². The van der Waals surface area contributed by atoms with Crippen LogP contribution in [0.25, 0.3) is 0 Å². The molecule has 0 saturated carbocycles. The smallest absolute Gasteiger partial charge is 0.243 e. The Balaban J connectivity index is 3.94. The number of unbranched alkanes of at least 4 members (excludes halogenated alkanes) is 9. The number of nitrogens with one attached hydrogen (secondary N) is 2. The topological polar surface area (TPSA) is 101 Å². The molecule has 0 saturated heterocycles. The second-order valence-corrected chi connectivity index (χ2v) is 7.01. The first-order valence-corrected chi connectivity index (χ1v) is 10.4. The van der Waals surface area contributed by atoms with Crippen LogP contribution in [0.2, 0.25) is 0 Å². The van der Waals surface area contributed by atoms with E-state index >= 15 is 0 Å². The lowest BCUT2D eigenvalue weighted by atomic mass is 10.1. The number of rotatable bonds is 17. The largest absolute Gasteiger partial charge is 0.370 e. The first kappa shape index (κ1) is 24.4. The Bertz CT molecular complexity index is 400. The van der Waals surface area contributed by atoms with E-state index in [9.17, 15) is 14.4 Å². The monoisotopic (exact) mass is 369 g/mol. The number of hydrogen-bond donors (Lipinski definition) is 3. The summed E-state index contributed by atoms with van der Waals surface area (Å²) >= 11 is 0. The Labute approximate surface area is 159 Å². The summed E-state index contributed by atoms with van der Waals surface area (Å²) in [6.07, 6.45) is 12.7. The van der Waals surface area contributed by atoms with Gasteiger partial charge in [0, 0.05) is 13.0 Å². The maximum absolute atomic E-state index is 12.1. The zero-order valence-electron chi connectivity index (χ0n) is 16.8. The molecule has 1 atom stereocenters. The minimum atomic E-state index is -0.865. The SMILES string of the molecule is CCCCCCCCCCCC(=O)NC(CC(N)=O)C(=O)NCCCC. The van der Waals surface area contributed by atoms with Crippen LogP contribution in [-0.4, -0.2) is 30.3 Å². The van der Waals surface area contributed by atoms with Crippen LogP contribution in [0, 0.1) is 0 Å². The van der Waals surface area contributed by atoms with Gasteiger partial charge in [-0.3, -0.25) is 14.4 Å². The van der Waals surface area contributed by atoms with Gasteiger partial charge in [-0.05, 0) is 12.8 Å². The Morgan fingerprint density at radius 1 is 0.808 bits per heavy atom.